The molecule has 0 spiro atoms. The number of carboxylic acid groups (broad SMARTS) is 6. The van der Waals surface area contributed by atoms with E-state index < -0.39 is 100 Å². The minimum Gasteiger partial charge on any atom is -0.481 e. The molecular formula is C59H100O26. The van der Waals surface area contributed by atoms with Crippen molar-refractivity contribution in [2.75, 3.05) is 46.2 Å². The molecule has 6 atom stereocenters. The normalized spacial score (nSPS) is 16.3. The smallest absolute Gasteiger partial charge is 0.341 e. The Kier molecular flexibility index (Phi) is 43.5. The summed E-state index contributed by atoms with van der Waals surface area (Å²) in [5, 5.41) is 50.6. The van der Waals surface area contributed by atoms with Crippen molar-refractivity contribution in [2.24, 2.45) is 57.2 Å². The lowest BCUT2D eigenvalue weighted by molar-refractivity contribution is -0.165. The van der Waals surface area contributed by atoms with Gasteiger partial charge in [-0.15, -0.1) is 0 Å². The van der Waals surface area contributed by atoms with Crippen LogP contribution in [0.4, 0.5) is 0 Å². The summed E-state index contributed by atoms with van der Waals surface area (Å²) < 4.78 is 33.6. The molecule has 2 bridgehead atoms. The molecule has 0 aromatic carbocycles. The van der Waals surface area contributed by atoms with E-state index in [-0.39, 0.29) is 99.8 Å². The molecule has 6 unspecified atom stereocenters. The first-order chi connectivity index (χ1) is 39.1. The Morgan fingerprint density at radius 3 is 1.06 bits per heavy atom. The Morgan fingerprint density at radius 1 is 0.388 bits per heavy atom. The number of hydrogen-bond donors (Lipinski definition) is 6. The number of rotatable bonds is 31. The van der Waals surface area contributed by atoms with Crippen LogP contribution in [-0.2, 0) is 95.5 Å². The number of ether oxygens (including phenoxy) is 7. The van der Waals surface area contributed by atoms with Crippen LogP contribution in [-0.4, -0.2) is 154 Å². The highest BCUT2D eigenvalue weighted by atomic mass is 16.6. The second-order valence-electron chi connectivity index (χ2n) is 22.8. The number of hydrogen-bond acceptors (Lipinski definition) is 20. The van der Waals surface area contributed by atoms with Gasteiger partial charge < -0.3 is 63.8 Å². The molecule has 6 N–H and O–H groups in total. The molecule has 26 nitrogen and oxygen atoms in total. The Balaban J connectivity index is -0.000000475. The Bertz CT molecular complexity index is 2120. The lowest BCUT2D eigenvalue weighted by Gasteiger charge is -2.26. The van der Waals surface area contributed by atoms with E-state index >= 15 is 0 Å². The number of aliphatic carboxylic acids is 6. The molecule has 2 fully saturated rings. The van der Waals surface area contributed by atoms with Gasteiger partial charge in [0.1, 0.15) is 26.4 Å². The maximum Gasteiger partial charge on any atom is 0.341 e. The van der Waals surface area contributed by atoms with Crippen molar-refractivity contribution in [3.8, 4) is 0 Å². The van der Waals surface area contributed by atoms with E-state index in [2.05, 4.69) is 14.2 Å². The standard InChI is InChI=1S/C17H26O6.C10H18O4.C9H16O4.2C8H14O4.C7H12O4/c1-4-17(2,3)16(21)23-8-7-22-15(20)13-11-6-5-10(9-11)12(13)14(18)19;1-4-10(2,3)9(13)14-7-5-6-8(11)12;1-4-9(2,3)8(12)13-6-5-7(10)11;1-4-8(2,3)7(11)12-5-6(9)10;1-3-6(2)8(11)12-5-4-7(9)10;1-3-5(2)7(10)11-4-6(8)9/h10-13H,4-9H2,1-3H3,(H,18,19);4-7H2,1-3H3,(H,11,12);4-6H2,1-3H3,(H,10,11);4-5H2,1-3H3,(H,9,10);6H,3-5H2,1-2H3,(H,9,10);5H,3-4H2,1-2H3,(H,8,9). The molecule has 0 amide bonds. The Labute approximate surface area is 500 Å². The second kappa shape index (κ2) is 43.7. The van der Waals surface area contributed by atoms with Gasteiger partial charge in [0.05, 0.1) is 64.8 Å². The van der Waals surface area contributed by atoms with Crippen molar-refractivity contribution in [1.82, 2.24) is 0 Å². The summed E-state index contributed by atoms with van der Waals surface area (Å²) in [5.41, 5.74) is -2.12. The van der Waals surface area contributed by atoms with Crippen LogP contribution in [0.5, 0.6) is 0 Å². The maximum atomic E-state index is 12.2. The molecule has 0 heterocycles. The molecule has 492 valence electrons. The van der Waals surface area contributed by atoms with Gasteiger partial charge in [-0.25, -0.2) is 9.59 Å². The molecule has 0 radical (unpaired) electrons. The largest absolute Gasteiger partial charge is 0.481 e. The first kappa shape index (κ1) is 84.6. The molecule has 0 aromatic rings. The molecule has 0 aliphatic heterocycles. The van der Waals surface area contributed by atoms with Gasteiger partial charge in [0.2, 0.25) is 0 Å². The summed E-state index contributed by atoms with van der Waals surface area (Å²) in [6, 6.07) is 0. The quantitative estimate of drug-likeness (QED) is 0.0216. The van der Waals surface area contributed by atoms with Gasteiger partial charge in [0, 0.05) is 6.42 Å². The molecule has 2 aliphatic rings. The van der Waals surface area contributed by atoms with Crippen molar-refractivity contribution in [3.63, 3.8) is 0 Å². The van der Waals surface area contributed by atoms with E-state index in [0.29, 0.717) is 44.9 Å². The number of fused-ring (bicyclic) bond motifs is 2. The minimum atomic E-state index is -1.13. The third kappa shape index (κ3) is 38.6. The number of carbonyl (C=O) groups excluding carboxylic acids is 7. The zero-order valence-electron chi connectivity index (χ0n) is 53.0. The van der Waals surface area contributed by atoms with Crippen molar-refractivity contribution < 1.29 is 126 Å². The number of esters is 7. The zero-order chi connectivity index (χ0) is 67.1. The molecular weight excluding hydrogens is 1120 g/mol. The summed E-state index contributed by atoms with van der Waals surface area (Å²) in [6.45, 7) is 27.9. The SMILES string of the molecule is CCC(C)(C)C(=O)OCC(=O)O.CCC(C)(C)C(=O)OCCC(=O)O.CCC(C)(C)C(=O)OCCCC(=O)O.CCC(C)(C)C(=O)OCCOC(=O)C1C2CCC(C2)C1C(=O)O.CCC(C)C(=O)OCC(=O)O.CCC(C)C(=O)OCCC(=O)O. The Hall–Kier alpha value is -6.89. The van der Waals surface area contributed by atoms with Gasteiger partial charge in [0.25, 0.3) is 0 Å². The van der Waals surface area contributed by atoms with E-state index in [9.17, 15) is 67.4 Å². The van der Waals surface area contributed by atoms with Gasteiger partial charge in [-0.3, -0.25) is 52.7 Å². The van der Waals surface area contributed by atoms with Crippen molar-refractivity contribution in [2.45, 2.75) is 194 Å². The summed E-state index contributed by atoms with van der Waals surface area (Å²) in [5.74, 6) is -9.85. The first-order valence-electron chi connectivity index (χ1n) is 28.6. The lowest BCUT2D eigenvalue weighted by atomic mass is 9.79. The van der Waals surface area contributed by atoms with Crippen LogP contribution in [0.1, 0.15) is 194 Å². The molecule has 85 heavy (non-hydrogen) atoms. The number of carboxylic acids is 6. The van der Waals surface area contributed by atoms with Crippen molar-refractivity contribution in [3.05, 3.63) is 0 Å². The van der Waals surface area contributed by atoms with Crippen LogP contribution in [0.3, 0.4) is 0 Å². The summed E-state index contributed by atoms with van der Waals surface area (Å²) in [6.07, 6.45) is 6.81. The van der Waals surface area contributed by atoms with Gasteiger partial charge in [-0.1, -0.05) is 55.4 Å². The average molecular weight is 1230 g/mol. The highest BCUT2D eigenvalue weighted by Gasteiger charge is 2.54. The maximum absolute atomic E-state index is 12.2. The number of carbonyl (C=O) groups is 13. The van der Waals surface area contributed by atoms with Gasteiger partial charge >= 0.3 is 77.6 Å². The summed E-state index contributed by atoms with van der Waals surface area (Å²) >= 11 is 0. The highest BCUT2D eigenvalue weighted by Crippen LogP contribution is 2.52. The summed E-state index contributed by atoms with van der Waals surface area (Å²) in [4.78, 5) is 141. The fraction of sp³-hybridized carbons (Fsp3) is 0.780. The fourth-order valence-electron chi connectivity index (χ4n) is 6.45. The predicted octanol–water partition coefficient (Wildman–Crippen LogP) is 8.29. The first-order valence-corrected chi connectivity index (χ1v) is 28.6. The zero-order valence-corrected chi connectivity index (χ0v) is 53.0. The predicted molar refractivity (Wildman–Crippen MR) is 304 cm³/mol. The highest BCUT2D eigenvalue weighted by molar-refractivity contribution is 5.83. The van der Waals surface area contributed by atoms with Crippen LogP contribution in [0.2, 0.25) is 0 Å². The van der Waals surface area contributed by atoms with Crippen LogP contribution >= 0.6 is 0 Å². The second-order valence-corrected chi connectivity index (χ2v) is 22.8. The molecule has 2 saturated carbocycles. The van der Waals surface area contributed by atoms with Gasteiger partial charge in [-0.2, -0.15) is 0 Å². The van der Waals surface area contributed by atoms with Crippen molar-refractivity contribution >= 4 is 77.6 Å². The molecule has 26 heteroatoms. The van der Waals surface area contributed by atoms with Gasteiger partial charge in [0.15, 0.2) is 13.2 Å². The van der Waals surface area contributed by atoms with E-state index in [1.54, 1.807) is 55.4 Å². The fourth-order valence-corrected chi connectivity index (χ4v) is 6.45. The lowest BCUT2D eigenvalue weighted by Crippen LogP contribution is -2.36. The van der Waals surface area contributed by atoms with Gasteiger partial charge in [-0.05, 0) is 131 Å². The molecule has 2 rings (SSSR count). The van der Waals surface area contributed by atoms with Crippen LogP contribution in [0.25, 0.3) is 0 Å². The van der Waals surface area contributed by atoms with E-state index in [1.165, 1.54) is 0 Å². The Morgan fingerprint density at radius 2 is 0.706 bits per heavy atom. The molecule has 0 saturated heterocycles. The van der Waals surface area contributed by atoms with Crippen molar-refractivity contribution in [1.29, 1.82) is 0 Å². The topological polar surface area (TPSA) is 408 Å². The van der Waals surface area contributed by atoms with Crippen LogP contribution in [0, 0.1) is 57.2 Å². The molecule has 2 aliphatic carbocycles. The van der Waals surface area contributed by atoms with E-state index in [4.69, 9.17) is 44.5 Å². The van der Waals surface area contributed by atoms with Crippen LogP contribution < -0.4 is 0 Å². The molecule has 0 aromatic heterocycles. The van der Waals surface area contributed by atoms with E-state index in [0.717, 1.165) is 19.3 Å². The minimum absolute atomic E-state index is 0.00650. The third-order valence-corrected chi connectivity index (χ3v) is 14.4. The average Bonchev–Trinajstić information content (AvgIpc) is 3.53. The summed E-state index contributed by atoms with van der Waals surface area (Å²) in [7, 11) is 0. The monoisotopic (exact) mass is 1220 g/mol. The van der Waals surface area contributed by atoms with E-state index in [1.807, 2.05) is 55.4 Å². The third-order valence-electron chi connectivity index (χ3n) is 14.4. The van der Waals surface area contributed by atoms with Crippen LogP contribution in [0.15, 0.2) is 0 Å².